The monoisotopic (exact) mass is 319 g/mol. The first-order chi connectivity index (χ1) is 10.4. The molecule has 1 aromatic rings. The van der Waals surface area contributed by atoms with Crippen LogP contribution in [0.25, 0.3) is 0 Å². The first kappa shape index (κ1) is 16.6. The van der Waals surface area contributed by atoms with Crippen molar-refractivity contribution in [3.63, 3.8) is 0 Å². The predicted octanol–water partition coefficient (Wildman–Crippen LogP) is 3.44. The summed E-state index contributed by atoms with van der Waals surface area (Å²) in [6, 6.07) is 5.69. The van der Waals surface area contributed by atoms with E-state index in [1.165, 1.54) is 0 Å². The van der Waals surface area contributed by atoms with Gasteiger partial charge in [0.2, 0.25) is 0 Å². The van der Waals surface area contributed by atoms with Gasteiger partial charge in [-0.3, -0.25) is 0 Å². The SMILES string of the molecule is CC(C)(C)OC(=O)N1CCC[C@H](Sc2ncccc2C#N)C1. The van der Waals surface area contributed by atoms with Crippen LogP contribution in [0.5, 0.6) is 0 Å². The molecule has 1 fully saturated rings. The van der Waals surface area contributed by atoms with E-state index < -0.39 is 5.60 Å². The molecule has 22 heavy (non-hydrogen) atoms. The van der Waals surface area contributed by atoms with Crippen molar-refractivity contribution >= 4 is 17.9 Å². The standard InChI is InChI=1S/C16H21N3O2S/c1-16(2,3)21-15(20)19-9-5-7-13(11-19)22-14-12(10-17)6-4-8-18-14/h4,6,8,13H,5,7,9,11H2,1-3H3/t13-/m0/s1. The number of piperidine rings is 1. The molecule has 118 valence electrons. The van der Waals surface area contributed by atoms with Crippen LogP contribution in [-0.4, -0.2) is 39.9 Å². The molecule has 0 aromatic carbocycles. The van der Waals surface area contributed by atoms with Crippen LogP contribution in [0.15, 0.2) is 23.4 Å². The summed E-state index contributed by atoms with van der Waals surface area (Å²) in [5, 5.41) is 10.1. The van der Waals surface area contributed by atoms with E-state index in [1.807, 2.05) is 20.8 Å². The van der Waals surface area contributed by atoms with Crippen molar-refractivity contribution in [2.75, 3.05) is 13.1 Å². The summed E-state index contributed by atoms with van der Waals surface area (Å²) < 4.78 is 5.43. The molecule has 0 spiro atoms. The lowest BCUT2D eigenvalue weighted by atomic mass is 10.1. The Bertz CT molecular complexity index is 577. The number of ether oxygens (including phenoxy) is 1. The number of hydrogen-bond acceptors (Lipinski definition) is 5. The van der Waals surface area contributed by atoms with Crippen LogP contribution in [0.2, 0.25) is 0 Å². The predicted molar refractivity (Wildman–Crippen MR) is 85.6 cm³/mol. The fourth-order valence-electron chi connectivity index (χ4n) is 2.25. The zero-order valence-electron chi connectivity index (χ0n) is 13.2. The highest BCUT2D eigenvalue weighted by Gasteiger charge is 2.28. The van der Waals surface area contributed by atoms with Gasteiger partial charge >= 0.3 is 6.09 Å². The average Bonchev–Trinajstić information content (AvgIpc) is 2.46. The molecule has 0 radical (unpaired) electrons. The van der Waals surface area contributed by atoms with Crippen molar-refractivity contribution in [3.8, 4) is 6.07 Å². The van der Waals surface area contributed by atoms with Gasteiger partial charge in [0.25, 0.3) is 0 Å². The number of carbonyl (C=O) groups is 1. The Hall–Kier alpha value is -1.74. The quantitative estimate of drug-likeness (QED) is 0.835. The van der Waals surface area contributed by atoms with Gasteiger partial charge in [0.15, 0.2) is 0 Å². The number of nitrogens with zero attached hydrogens (tertiary/aromatic N) is 3. The second-order valence-corrected chi connectivity index (χ2v) is 7.57. The second kappa shape index (κ2) is 7.01. The van der Waals surface area contributed by atoms with Gasteiger partial charge in [-0.1, -0.05) is 11.8 Å². The van der Waals surface area contributed by atoms with E-state index in [4.69, 9.17) is 10.00 Å². The van der Waals surface area contributed by atoms with Gasteiger partial charge < -0.3 is 9.64 Å². The minimum Gasteiger partial charge on any atom is -0.444 e. The topological polar surface area (TPSA) is 66.2 Å². The average molecular weight is 319 g/mol. The maximum atomic E-state index is 12.2. The second-order valence-electron chi connectivity index (χ2n) is 6.28. The lowest BCUT2D eigenvalue weighted by molar-refractivity contribution is 0.0220. The number of thioether (sulfide) groups is 1. The molecule has 1 aliphatic heterocycles. The van der Waals surface area contributed by atoms with Gasteiger partial charge in [0, 0.05) is 24.5 Å². The van der Waals surface area contributed by atoms with E-state index in [9.17, 15) is 4.79 Å². The van der Waals surface area contributed by atoms with Gasteiger partial charge in [-0.2, -0.15) is 5.26 Å². The summed E-state index contributed by atoms with van der Waals surface area (Å²) in [7, 11) is 0. The van der Waals surface area contributed by atoms with Crippen molar-refractivity contribution in [1.29, 1.82) is 5.26 Å². The molecule has 1 amide bonds. The Morgan fingerprint density at radius 2 is 2.32 bits per heavy atom. The third kappa shape index (κ3) is 4.63. The van der Waals surface area contributed by atoms with Crippen LogP contribution in [0.4, 0.5) is 4.79 Å². The van der Waals surface area contributed by atoms with E-state index in [1.54, 1.807) is 35.0 Å². The number of rotatable bonds is 2. The zero-order valence-corrected chi connectivity index (χ0v) is 14.0. The summed E-state index contributed by atoms with van der Waals surface area (Å²) in [5.74, 6) is 0. The highest BCUT2D eigenvalue weighted by Crippen LogP contribution is 2.30. The van der Waals surface area contributed by atoms with E-state index in [0.717, 1.165) is 24.4 Å². The molecule has 0 bridgehead atoms. The van der Waals surface area contributed by atoms with E-state index in [2.05, 4.69) is 11.1 Å². The van der Waals surface area contributed by atoms with Crippen LogP contribution < -0.4 is 0 Å². The van der Waals surface area contributed by atoms with Crippen LogP contribution in [0, 0.1) is 11.3 Å². The molecule has 1 aliphatic rings. The van der Waals surface area contributed by atoms with Crippen LogP contribution in [0.3, 0.4) is 0 Å². The molecule has 0 unspecified atom stereocenters. The highest BCUT2D eigenvalue weighted by atomic mass is 32.2. The van der Waals surface area contributed by atoms with Crippen molar-refractivity contribution in [3.05, 3.63) is 23.9 Å². The van der Waals surface area contributed by atoms with E-state index >= 15 is 0 Å². The van der Waals surface area contributed by atoms with Crippen LogP contribution >= 0.6 is 11.8 Å². The van der Waals surface area contributed by atoms with E-state index in [-0.39, 0.29) is 11.3 Å². The van der Waals surface area contributed by atoms with Crippen molar-refractivity contribution < 1.29 is 9.53 Å². The number of hydrogen-bond donors (Lipinski definition) is 0. The Kier molecular flexibility index (Phi) is 5.30. The molecule has 0 N–H and O–H groups in total. The summed E-state index contributed by atoms with van der Waals surface area (Å²) in [5.41, 5.74) is 0.105. The van der Waals surface area contributed by atoms with Crippen molar-refractivity contribution in [2.24, 2.45) is 0 Å². The van der Waals surface area contributed by atoms with Gasteiger partial charge in [-0.25, -0.2) is 9.78 Å². The van der Waals surface area contributed by atoms with Crippen LogP contribution in [0.1, 0.15) is 39.2 Å². The number of likely N-dealkylation sites (tertiary alicyclic amines) is 1. The minimum atomic E-state index is -0.480. The molecule has 2 rings (SSSR count). The molecule has 1 atom stereocenters. The Morgan fingerprint density at radius 1 is 1.55 bits per heavy atom. The normalized spacial score (nSPS) is 18.6. The Morgan fingerprint density at radius 3 is 3.00 bits per heavy atom. The molecule has 5 nitrogen and oxygen atoms in total. The molecule has 2 heterocycles. The summed E-state index contributed by atoms with van der Waals surface area (Å²) >= 11 is 1.57. The minimum absolute atomic E-state index is 0.239. The fraction of sp³-hybridized carbons (Fsp3) is 0.562. The smallest absolute Gasteiger partial charge is 0.410 e. The third-order valence-electron chi connectivity index (χ3n) is 3.20. The molecule has 6 heteroatoms. The number of nitriles is 1. The maximum Gasteiger partial charge on any atom is 0.410 e. The molecular weight excluding hydrogens is 298 g/mol. The zero-order chi connectivity index (χ0) is 16.2. The number of carbonyl (C=O) groups excluding carboxylic acids is 1. The molecule has 0 aliphatic carbocycles. The number of amides is 1. The molecule has 1 saturated heterocycles. The Labute approximate surface area is 135 Å². The highest BCUT2D eigenvalue weighted by molar-refractivity contribution is 8.00. The lowest BCUT2D eigenvalue weighted by Gasteiger charge is -2.33. The third-order valence-corrected chi connectivity index (χ3v) is 4.47. The van der Waals surface area contributed by atoms with Crippen molar-refractivity contribution in [2.45, 2.75) is 49.5 Å². The fourth-order valence-corrected chi connectivity index (χ4v) is 3.47. The summed E-state index contributed by atoms with van der Waals surface area (Å²) in [4.78, 5) is 18.2. The summed E-state index contributed by atoms with van der Waals surface area (Å²) in [6.07, 6.45) is 3.37. The van der Waals surface area contributed by atoms with Gasteiger partial charge in [-0.05, 0) is 45.7 Å². The lowest BCUT2D eigenvalue weighted by Crippen LogP contribution is -2.43. The van der Waals surface area contributed by atoms with Crippen LogP contribution in [-0.2, 0) is 4.74 Å². The maximum absolute atomic E-state index is 12.2. The molecular formula is C16H21N3O2S. The van der Waals surface area contributed by atoms with Gasteiger partial charge in [-0.15, -0.1) is 0 Å². The number of pyridine rings is 1. The van der Waals surface area contributed by atoms with Gasteiger partial charge in [0.05, 0.1) is 5.56 Å². The van der Waals surface area contributed by atoms with E-state index in [0.29, 0.717) is 12.1 Å². The molecule has 1 aromatic heterocycles. The largest absolute Gasteiger partial charge is 0.444 e. The van der Waals surface area contributed by atoms with Crippen molar-refractivity contribution in [1.82, 2.24) is 9.88 Å². The first-order valence-electron chi connectivity index (χ1n) is 7.39. The van der Waals surface area contributed by atoms with Gasteiger partial charge in [0.1, 0.15) is 16.7 Å². The first-order valence-corrected chi connectivity index (χ1v) is 8.27. The summed E-state index contributed by atoms with van der Waals surface area (Å²) in [6.45, 7) is 6.96. The molecule has 0 saturated carbocycles. The number of aromatic nitrogens is 1. The Balaban J connectivity index is 1.99.